The average Bonchev–Trinajstić information content (AvgIpc) is 2.11. The Kier molecular flexibility index (Phi) is 3.13. The topological polar surface area (TPSA) is 15.3 Å². The quantitative estimate of drug-likeness (QED) is 0.592. The Hall–Kier alpha value is -0.0800. The first-order valence-corrected chi connectivity index (χ1v) is 4.99. The van der Waals surface area contributed by atoms with Crippen molar-refractivity contribution in [3.63, 3.8) is 0 Å². The van der Waals surface area contributed by atoms with Crippen LogP contribution in [0.15, 0.2) is 0 Å². The minimum atomic E-state index is 0.325. The van der Waals surface area contributed by atoms with E-state index in [0.29, 0.717) is 5.54 Å². The second kappa shape index (κ2) is 3.75. The fourth-order valence-electron chi connectivity index (χ4n) is 2.01. The van der Waals surface area contributed by atoms with Crippen LogP contribution in [0, 0.1) is 0 Å². The molecule has 0 amide bonds. The molecular formula is C10H22N2. The van der Waals surface area contributed by atoms with Crippen molar-refractivity contribution in [1.29, 1.82) is 0 Å². The summed E-state index contributed by atoms with van der Waals surface area (Å²) in [5.74, 6) is 0. The lowest BCUT2D eigenvalue weighted by atomic mass is 10.0. The highest BCUT2D eigenvalue weighted by atomic mass is 15.2. The average molecular weight is 170 g/mol. The van der Waals surface area contributed by atoms with Crippen LogP contribution < -0.4 is 5.32 Å². The molecule has 0 saturated carbocycles. The van der Waals surface area contributed by atoms with Gasteiger partial charge in [-0.2, -0.15) is 0 Å². The highest BCUT2D eigenvalue weighted by Gasteiger charge is 2.26. The first-order valence-electron chi connectivity index (χ1n) is 4.99. The van der Waals surface area contributed by atoms with E-state index in [4.69, 9.17) is 0 Å². The predicted molar refractivity (Wildman–Crippen MR) is 53.4 cm³/mol. The number of nitrogens with one attached hydrogen (secondary N) is 1. The van der Waals surface area contributed by atoms with Crippen molar-refractivity contribution < 1.29 is 0 Å². The van der Waals surface area contributed by atoms with Gasteiger partial charge in [0.05, 0.1) is 0 Å². The number of hydrogen-bond acceptors (Lipinski definition) is 2. The van der Waals surface area contributed by atoms with Crippen molar-refractivity contribution in [2.45, 2.75) is 45.7 Å². The Labute approximate surface area is 76.3 Å². The summed E-state index contributed by atoms with van der Waals surface area (Å²) in [6, 6.07) is 0.722. The molecule has 0 aromatic rings. The maximum absolute atomic E-state index is 3.44. The molecule has 1 aliphatic rings. The van der Waals surface area contributed by atoms with Gasteiger partial charge in [-0.1, -0.05) is 0 Å². The van der Waals surface area contributed by atoms with Gasteiger partial charge in [-0.15, -0.1) is 0 Å². The van der Waals surface area contributed by atoms with Crippen molar-refractivity contribution >= 4 is 0 Å². The lowest BCUT2D eigenvalue weighted by Crippen LogP contribution is -2.47. The molecule has 0 radical (unpaired) electrons. The fourth-order valence-corrected chi connectivity index (χ4v) is 2.01. The molecule has 0 aromatic heterocycles. The molecule has 0 aliphatic carbocycles. The number of rotatable bonds is 0. The summed E-state index contributed by atoms with van der Waals surface area (Å²) in [6.45, 7) is 12.7. The van der Waals surface area contributed by atoms with Gasteiger partial charge in [0.15, 0.2) is 0 Å². The van der Waals surface area contributed by atoms with Gasteiger partial charge in [-0.05, 0) is 40.7 Å². The van der Waals surface area contributed by atoms with Crippen LogP contribution in [0.1, 0.15) is 34.1 Å². The molecule has 0 unspecified atom stereocenters. The Bertz CT molecular complexity index is 137. The van der Waals surface area contributed by atoms with Gasteiger partial charge in [0.2, 0.25) is 0 Å². The van der Waals surface area contributed by atoms with Crippen LogP contribution in [0.3, 0.4) is 0 Å². The molecule has 1 saturated heterocycles. The lowest BCUT2D eigenvalue weighted by molar-refractivity contribution is 0.0985. The Morgan fingerprint density at radius 3 is 2.50 bits per heavy atom. The van der Waals surface area contributed by atoms with E-state index in [2.05, 4.69) is 37.9 Å². The van der Waals surface area contributed by atoms with Gasteiger partial charge in [-0.3, -0.25) is 4.90 Å². The summed E-state index contributed by atoms with van der Waals surface area (Å²) in [7, 11) is 0. The highest BCUT2D eigenvalue weighted by Crippen LogP contribution is 2.18. The third-order valence-corrected chi connectivity index (χ3v) is 2.66. The first kappa shape index (κ1) is 10.0. The Balaban J connectivity index is 2.59. The zero-order valence-corrected chi connectivity index (χ0v) is 8.85. The zero-order valence-electron chi connectivity index (χ0n) is 8.85. The SMILES string of the molecule is C[C@H]1CCNCCN1C(C)(C)C. The maximum Gasteiger partial charge on any atom is 0.0128 e. The maximum atomic E-state index is 3.44. The van der Waals surface area contributed by atoms with Crippen molar-refractivity contribution in [3.8, 4) is 0 Å². The van der Waals surface area contributed by atoms with E-state index in [9.17, 15) is 0 Å². The van der Waals surface area contributed by atoms with Gasteiger partial charge < -0.3 is 5.32 Å². The third-order valence-electron chi connectivity index (χ3n) is 2.66. The molecule has 0 spiro atoms. The van der Waals surface area contributed by atoms with E-state index in [-0.39, 0.29) is 0 Å². The van der Waals surface area contributed by atoms with Crippen LogP contribution in [0.25, 0.3) is 0 Å². The van der Waals surface area contributed by atoms with Crippen molar-refractivity contribution in [2.24, 2.45) is 0 Å². The molecule has 0 bridgehead atoms. The minimum absolute atomic E-state index is 0.325. The monoisotopic (exact) mass is 170 g/mol. The Morgan fingerprint density at radius 1 is 1.25 bits per heavy atom. The molecule has 12 heavy (non-hydrogen) atoms. The molecule has 1 heterocycles. The van der Waals surface area contributed by atoms with Crippen LogP contribution in [-0.2, 0) is 0 Å². The normalized spacial score (nSPS) is 28.5. The fraction of sp³-hybridized carbons (Fsp3) is 1.00. The second-order valence-electron chi connectivity index (χ2n) is 4.75. The molecular weight excluding hydrogens is 148 g/mol. The van der Waals surface area contributed by atoms with Crippen molar-refractivity contribution in [2.75, 3.05) is 19.6 Å². The summed E-state index contributed by atoms with van der Waals surface area (Å²) in [6.07, 6.45) is 1.28. The van der Waals surface area contributed by atoms with E-state index in [1.807, 2.05) is 0 Å². The molecule has 0 aromatic carbocycles. The minimum Gasteiger partial charge on any atom is -0.315 e. The van der Waals surface area contributed by atoms with Crippen LogP contribution >= 0.6 is 0 Å². The van der Waals surface area contributed by atoms with E-state index >= 15 is 0 Å². The molecule has 2 heteroatoms. The molecule has 72 valence electrons. The molecule has 2 nitrogen and oxygen atoms in total. The standard InChI is InChI=1S/C10H22N2/c1-9-5-6-11-7-8-12(9)10(2,3)4/h9,11H,5-8H2,1-4H3/t9-/m0/s1. The lowest BCUT2D eigenvalue weighted by Gasteiger charge is -2.39. The largest absolute Gasteiger partial charge is 0.315 e. The van der Waals surface area contributed by atoms with Crippen molar-refractivity contribution in [3.05, 3.63) is 0 Å². The highest BCUT2D eigenvalue weighted by molar-refractivity contribution is 4.83. The van der Waals surface area contributed by atoms with Gasteiger partial charge in [-0.25, -0.2) is 0 Å². The molecule has 1 rings (SSSR count). The van der Waals surface area contributed by atoms with Gasteiger partial charge in [0.25, 0.3) is 0 Å². The predicted octanol–water partition coefficient (Wildman–Crippen LogP) is 1.47. The van der Waals surface area contributed by atoms with Crippen LogP contribution in [0.4, 0.5) is 0 Å². The summed E-state index contributed by atoms with van der Waals surface area (Å²) >= 11 is 0. The molecule has 1 fully saturated rings. The number of hydrogen-bond donors (Lipinski definition) is 1. The number of nitrogens with zero attached hydrogens (tertiary/aromatic N) is 1. The van der Waals surface area contributed by atoms with E-state index in [1.54, 1.807) is 0 Å². The second-order valence-corrected chi connectivity index (χ2v) is 4.75. The first-order chi connectivity index (χ1) is 5.52. The van der Waals surface area contributed by atoms with E-state index in [0.717, 1.165) is 12.6 Å². The van der Waals surface area contributed by atoms with E-state index in [1.165, 1.54) is 19.5 Å². The molecule has 1 atom stereocenters. The zero-order chi connectivity index (χ0) is 9.19. The molecule has 1 aliphatic heterocycles. The van der Waals surface area contributed by atoms with Gasteiger partial charge in [0, 0.05) is 24.7 Å². The summed E-state index contributed by atoms with van der Waals surface area (Å²) in [5.41, 5.74) is 0.325. The van der Waals surface area contributed by atoms with Crippen LogP contribution in [0.2, 0.25) is 0 Å². The van der Waals surface area contributed by atoms with E-state index < -0.39 is 0 Å². The Morgan fingerprint density at radius 2 is 1.92 bits per heavy atom. The smallest absolute Gasteiger partial charge is 0.0128 e. The third kappa shape index (κ3) is 2.46. The van der Waals surface area contributed by atoms with Crippen LogP contribution in [-0.4, -0.2) is 36.1 Å². The summed E-state index contributed by atoms with van der Waals surface area (Å²) in [4.78, 5) is 2.59. The van der Waals surface area contributed by atoms with Gasteiger partial charge >= 0.3 is 0 Å². The molecule has 1 N–H and O–H groups in total. The van der Waals surface area contributed by atoms with Gasteiger partial charge in [0.1, 0.15) is 0 Å². The summed E-state index contributed by atoms with van der Waals surface area (Å²) < 4.78 is 0. The van der Waals surface area contributed by atoms with Crippen LogP contribution in [0.5, 0.6) is 0 Å². The van der Waals surface area contributed by atoms with Crippen molar-refractivity contribution in [1.82, 2.24) is 10.2 Å². The summed E-state index contributed by atoms with van der Waals surface area (Å²) in [5, 5.41) is 3.44.